The van der Waals surface area contributed by atoms with Gasteiger partial charge in [-0.15, -0.1) is 0 Å². The molecule has 0 radical (unpaired) electrons. The van der Waals surface area contributed by atoms with Crippen LogP contribution in [0.15, 0.2) is 0 Å². The second-order valence-corrected chi connectivity index (χ2v) is 8.30. The van der Waals surface area contributed by atoms with E-state index in [1.165, 1.54) is 77.5 Å². The summed E-state index contributed by atoms with van der Waals surface area (Å²) in [7, 11) is 0. The van der Waals surface area contributed by atoms with E-state index in [0.717, 1.165) is 17.9 Å². The van der Waals surface area contributed by atoms with Gasteiger partial charge in [0.2, 0.25) is 0 Å². The van der Waals surface area contributed by atoms with Gasteiger partial charge >= 0.3 is 0 Å². The van der Waals surface area contributed by atoms with Crippen LogP contribution in [-0.2, 0) is 0 Å². The zero-order valence-electron chi connectivity index (χ0n) is 13.7. The van der Waals surface area contributed by atoms with Crippen molar-refractivity contribution in [1.29, 1.82) is 0 Å². The van der Waals surface area contributed by atoms with Crippen LogP contribution < -0.4 is 5.32 Å². The van der Waals surface area contributed by atoms with Crippen LogP contribution in [0.4, 0.5) is 0 Å². The Balaban J connectivity index is 1.55. The quantitative estimate of drug-likeness (QED) is 0.825. The van der Waals surface area contributed by atoms with Crippen molar-refractivity contribution in [2.75, 3.05) is 26.2 Å². The fraction of sp³-hybridized carbons (Fsp3) is 1.00. The standard InChI is InChI=1S/C18H34N2/c1-15-5-9-18(10-6-15,13-19-17-3-4-17)14-20-11-7-16(2)8-12-20/h15-17,19H,3-14H2,1-2H3. The molecular weight excluding hydrogens is 244 g/mol. The molecule has 116 valence electrons. The Morgan fingerprint density at radius 2 is 1.50 bits per heavy atom. The first-order chi connectivity index (χ1) is 9.65. The third kappa shape index (κ3) is 3.98. The first-order valence-corrected chi connectivity index (χ1v) is 9.11. The van der Waals surface area contributed by atoms with Crippen molar-refractivity contribution >= 4 is 0 Å². The Morgan fingerprint density at radius 3 is 2.10 bits per heavy atom. The third-order valence-corrected chi connectivity index (χ3v) is 6.11. The van der Waals surface area contributed by atoms with Gasteiger partial charge in [-0.25, -0.2) is 0 Å². The molecule has 1 aliphatic heterocycles. The van der Waals surface area contributed by atoms with Gasteiger partial charge in [-0.1, -0.05) is 26.7 Å². The predicted octanol–water partition coefficient (Wildman–Crippen LogP) is 3.67. The molecule has 2 nitrogen and oxygen atoms in total. The summed E-state index contributed by atoms with van der Waals surface area (Å²) in [6, 6.07) is 0.868. The maximum Gasteiger partial charge on any atom is 0.00684 e. The highest BCUT2D eigenvalue weighted by atomic mass is 15.1. The van der Waals surface area contributed by atoms with E-state index < -0.39 is 0 Å². The highest BCUT2D eigenvalue weighted by Crippen LogP contribution is 2.40. The average molecular weight is 278 g/mol. The maximum atomic E-state index is 3.85. The minimum absolute atomic E-state index is 0.593. The maximum absolute atomic E-state index is 3.85. The van der Waals surface area contributed by atoms with Crippen LogP contribution in [0.5, 0.6) is 0 Å². The fourth-order valence-electron chi connectivity index (χ4n) is 4.11. The van der Waals surface area contributed by atoms with Crippen molar-refractivity contribution in [1.82, 2.24) is 10.2 Å². The van der Waals surface area contributed by atoms with Crippen LogP contribution in [0.2, 0.25) is 0 Å². The summed E-state index contributed by atoms with van der Waals surface area (Å²) in [5, 5.41) is 3.85. The molecule has 0 aromatic rings. The Kier molecular flexibility index (Phi) is 4.72. The molecule has 1 saturated heterocycles. The predicted molar refractivity (Wildman–Crippen MR) is 85.9 cm³/mol. The summed E-state index contributed by atoms with van der Waals surface area (Å²) >= 11 is 0. The number of rotatable bonds is 5. The van der Waals surface area contributed by atoms with Gasteiger partial charge < -0.3 is 10.2 Å². The van der Waals surface area contributed by atoms with E-state index in [1.807, 2.05) is 0 Å². The van der Waals surface area contributed by atoms with Gasteiger partial charge in [-0.05, 0) is 68.9 Å². The minimum atomic E-state index is 0.593. The highest BCUT2D eigenvalue weighted by molar-refractivity contribution is 4.93. The van der Waals surface area contributed by atoms with Gasteiger partial charge in [0, 0.05) is 19.1 Å². The minimum Gasteiger partial charge on any atom is -0.313 e. The van der Waals surface area contributed by atoms with Crippen LogP contribution >= 0.6 is 0 Å². The van der Waals surface area contributed by atoms with Gasteiger partial charge in [0.25, 0.3) is 0 Å². The molecule has 0 aromatic heterocycles. The molecule has 0 spiro atoms. The van der Waals surface area contributed by atoms with E-state index in [1.54, 1.807) is 0 Å². The van der Waals surface area contributed by atoms with Crippen molar-refractivity contribution in [3.8, 4) is 0 Å². The largest absolute Gasteiger partial charge is 0.313 e. The molecule has 20 heavy (non-hydrogen) atoms. The first-order valence-electron chi connectivity index (χ1n) is 9.11. The lowest BCUT2D eigenvalue weighted by Crippen LogP contribution is -2.48. The highest BCUT2D eigenvalue weighted by Gasteiger charge is 2.37. The van der Waals surface area contributed by atoms with Crippen molar-refractivity contribution in [3.63, 3.8) is 0 Å². The number of piperidine rings is 1. The Labute approximate surface area is 125 Å². The summed E-state index contributed by atoms with van der Waals surface area (Å²) in [6.07, 6.45) is 11.5. The zero-order valence-corrected chi connectivity index (χ0v) is 13.7. The normalized spacial score (nSPS) is 37.2. The Morgan fingerprint density at radius 1 is 0.900 bits per heavy atom. The molecular formula is C18H34N2. The SMILES string of the molecule is CC1CCN(CC2(CNC3CC3)CCC(C)CC2)CC1. The topological polar surface area (TPSA) is 15.3 Å². The van der Waals surface area contributed by atoms with Crippen LogP contribution in [0.25, 0.3) is 0 Å². The van der Waals surface area contributed by atoms with E-state index in [4.69, 9.17) is 0 Å². The molecule has 3 fully saturated rings. The molecule has 3 aliphatic rings. The van der Waals surface area contributed by atoms with Crippen LogP contribution in [0.1, 0.15) is 65.2 Å². The zero-order chi connectivity index (χ0) is 14.0. The van der Waals surface area contributed by atoms with Crippen molar-refractivity contribution in [3.05, 3.63) is 0 Å². The third-order valence-electron chi connectivity index (χ3n) is 6.11. The molecule has 0 unspecified atom stereocenters. The summed E-state index contributed by atoms with van der Waals surface area (Å²) < 4.78 is 0. The van der Waals surface area contributed by atoms with Gasteiger partial charge in [0.05, 0.1) is 0 Å². The monoisotopic (exact) mass is 278 g/mol. The number of hydrogen-bond donors (Lipinski definition) is 1. The lowest BCUT2D eigenvalue weighted by atomic mass is 9.70. The number of nitrogens with zero attached hydrogens (tertiary/aromatic N) is 1. The molecule has 0 aromatic carbocycles. The molecule has 0 amide bonds. The lowest BCUT2D eigenvalue weighted by Gasteiger charge is -2.44. The molecule has 0 atom stereocenters. The number of nitrogens with one attached hydrogen (secondary N) is 1. The molecule has 2 heteroatoms. The van der Waals surface area contributed by atoms with E-state index in [-0.39, 0.29) is 0 Å². The molecule has 0 bridgehead atoms. The van der Waals surface area contributed by atoms with Crippen molar-refractivity contribution < 1.29 is 0 Å². The van der Waals surface area contributed by atoms with Crippen molar-refractivity contribution in [2.24, 2.45) is 17.3 Å². The van der Waals surface area contributed by atoms with Gasteiger partial charge in [-0.2, -0.15) is 0 Å². The molecule has 1 heterocycles. The fourth-order valence-corrected chi connectivity index (χ4v) is 4.11. The van der Waals surface area contributed by atoms with Gasteiger partial charge in [-0.3, -0.25) is 0 Å². The van der Waals surface area contributed by atoms with Crippen molar-refractivity contribution in [2.45, 2.75) is 71.3 Å². The Bertz CT molecular complexity index is 295. The first kappa shape index (κ1) is 14.8. The summed E-state index contributed by atoms with van der Waals surface area (Å²) in [4.78, 5) is 2.78. The molecule has 2 aliphatic carbocycles. The molecule has 1 N–H and O–H groups in total. The summed E-state index contributed by atoms with van der Waals surface area (Å²) in [5.74, 6) is 1.92. The van der Waals surface area contributed by atoms with E-state index in [0.29, 0.717) is 5.41 Å². The van der Waals surface area contributed by atoms with Gasteiger partial charge in [0.15, 0.2) is 0 Å². The molecule has 2 saturated carbocycles. The lowest BCUT2D eigenvalue weighted by molar-refractivity contribution is 0.0678. The van der Waals surface area contributed by atoms with E-state index >= 15 is 0 Å². The smallest absolute Gasteiger partial charge is 0.00684 e. The summed E-state index contributed by atoms with van der Waals surface area (Å²) in [6.45, 7) is 10.2. The second kappa shape index (κ2) is 6.36. The van der Waals surface area contributed by atoms with E-state index in [9.17, 15) is 0 Å². The number of hydrogen-bond acceptors (Lipinski definition) is 2. The van der Waals surface area contributed by atoms with Crippen LogP contribution in [0, 0.1) is 17.3 Å². The van der Waals surface area contributed by atoms with Crippen LogP contribution in [0.3, 0.4) is 0 Å². The van der Waals surface area contributed by atoms with E-state index in [2.05, 4.69) is 24.1 Å². The average Bonchev–Trinajstić information content (AvgIpc) is 3.27. The van der Waals surface area contributed by atoms with Crippen LogP contribution in [-0.4, -0.2) is 37.1 Å². The second-order valence-electron chi connectivity index (χ2n) is 8.30. The van der Waals surface area contributed by atoms with Gasteiger partial charge in [0.1, 0.15) is 0 Å². The summed E-state index contributed by atoms with van der Waals surface area (Å²) in [5.41, 5.74) is 0.593. The Hall–Kier alpha value is -0.0800. The molecule has 3 rings (SSSR count). The number of likely N-dealkylation sites (tertiary alicyclic amines) is 1.